The van der Waals surface area contributed by atoms with E-state index in [1.165, 1.54) is 0 Å². The molecular weight excluding hydrogens is 231 g/mol. The van der Waals surface area contributed by atoms with Crippen LogP contribution in [-0.4, -0.2) is 23.3 Å². The zero-order valence-electron chi connectivity index (χ0n) is 7.04. The third kappa shape index (κ3) is 1.71. The number of ether oxygens (including phenoxy) is 1. The van der Waals surface area contributed by atoms with E-state index in [1.807, 2.05) is 0 Å². The first-order valence-corrected chi connectivity index (χ1v) is 4.22. The first-order valence-electron chi connectivity index (χ1n) is 3.47. The van der Waals surface area contributed by atoms with Crippen molar-refractivity contribution >= 4 is 29.2 Å². The van der Waals surface area contributed by atoms with Crippen LogP contribution in [0.3, 0.4) is 0 Å². The third-order valence-corrected chi connectivity index (χ3v) is 2.35. The van der Waals surface area contributed by atoms with Gasteiger partial charge in [0.05, 0.1) is 12.1 Å². The average molecular weight is 237 g/mol. The van der Waals surface area contributed by atoms with Gasteiger partial charge in [-0.2, -0.15) is 0 Å². The molecule has 0 radical (unpaired) electrons. The minimum atomic E-state index is -0.809. The molecule has 0 amide bonds. The molecule has 2 N–H and O–H groups in total. The van der Waals surface area contributed by atoms with Crippen molar-refractivity contribution in [1.29, 1.82) is 0 Å². The molecule has 0 aliphatic rings. The lowest BCUT2D eigenvalue weighted by Crippen LogP contribution is -2.01. The van der Waals surface area contributed by atoms with Gasteiger partial charge < -0.3 is 14.9 Å². The first-order chi connectivity index (χ1) is 6.49. The van der Waals surface area contributed by atoms with E-state index in [9.17, 15) is 15.0 Å². The SMILES string of the molecule is COC(=O)c1cc(Cl)c(Cl)c(O)c1O. The highest BCUT2D eigenvalue weighted by molar-refractivity contribution is 6.43. The largest absolute Gasteiger partial charge is 0.504 e. The molecule has 0 saturated carbocycles. The zero-order valence-corrected chi connectivity index (χ0v) is 8.56. The molecule has 0 bridgehead atoms. The second-order valence-corrected chi connectivity index (χ2v) is 3.19. The highest BCUT2D eigenvalue weighted by Crippen LogP contribution is 2.41. The summed E-state index contributed by atoms with van der Waals surface area (Å²) in [5.74, 6) is -2.10. The Morgan fingerprint density at radius 3 is 2.43 bits per heavy atom. The molecule has 76 valence electrons. The lowest BCUT2D eigenvalue weighted by Gasteiger charge is -2.07. The minimum absolute atomic E-state index is 0.0395. The Labute approximate surface area is 89.6 Å². The maximum Gasteiger partial charge on any atom is 0.341 e. The number of benzene rings is 1. The molecule has 4 nitrogen and oxygen atoms in total. The quantitative estimate of drug-likeness (QED) is 0.580. The lowest BCUT2D eigenvalue weighted by molar-refractivity contribution is 0.0596. The lowest BCUT2D eigenvalue weighted by atomic mass is 10.2. The molecule has 0 atom stereocenters. The van der Waals surface area contributed by atoms with E-state index >= 15 is 0 Å². The van der Waals surface area contributed by atoms with E-state index in [0.29, 0.717) is 0 Å². The van der Waals surface area contributed by atoms with Crippen LogP contribution in [0.5, 0.6) is 11.5 Å². The average Bonchev–Trinajstić information content (AvgIpc) is 2.19. The molecule has 1 aromatic rings. The number of aromatic hydroxyl groups is 2. The number of hydrogen-bond acceptors (Lipinski definition) is 4. The van der Waals surface area contributed by atoms with Gasteiger partial charge in [0.15, 0.2) is 11.5 Å². The second kappa shape index (κ2) is 3.94. The normalized spacial score (nSPS) is 9.93. The van der Waals surface area contributed by atoms with Crippen molar-refractivity contribution in [2.24, 2.45) is 0 Å². The van der Waals surface area contributed by atoms with E-state index in [0.717, 1.165) is 13.2 Å². The Hall–Kier alpha value is -1.13. The van der Waals surface area contributed by atoms with Crippen molar-refractivity contribution in [2.75, 3.05) is 7.11 Å². The molecule has 0 aromatic heterocycles. The van der Waals surface area contributed by atoms with Crippen molar-refractivity contribution in [3.8, 4) is 11.5 Å². The fraction of sp³-hybridized carbons (Fsp3) is 0.125. The Kier molecular flexibility index (Phi) is 3.08. The molecule has 0 unspecified atom stereocenters. The zero-order chi connectivity index (χ0) is 10.9. The molecule has 0 aliphatic carbocycles. The van der Waals surface area contributed by atoms with Gasteiger partial charge >= 0.3 is 5.97 Å². The van der Waals surface area contributed by atoms with Crippen molar-refractivity contribution in [3.05, 3.63) is 21.7 Å². The molecular formula is C8H6Cl2O4. The molecule has 0 aliphatic heterocycles. The van der Waals surface area contributed by atoms with Crippen LogP contribution in [0.25, 0.3) is 0 Å². The van der Waals surface area contributed by atoms with Gasteiger partial charge in [-0.1, -0.05) is 23.2 Å². The van der Waals surface area contributed by atoms with E-state index in [1.54, 1.807) is 0 Å². The summed E-state index contributed by atoms with van der Waals surface area (Å²) in [6.07, 6.45) is 0. The van der Waals surface area contributed by atoms with Gasteiger partial charge in [-0.15, -0.1) is 0 Å². The maximum atomic E-state index is 11.1. The molecule has 14 heavy (non-hydrogen) atoms. The minimum Gasteiger partial charge on any atom is -0.504 e. The summed E-state index contributed by atoms with van der Waals surface area (Å²) in [7, 11) is 1.14. The van der Waals surface area contributed by atoms with Gasteiger partial charge in [-0.25, -0.2) is 4.79 Å². The molecule has 0 spiro atoms. The Bertz CT molecular complexity index is 389. The predicted octanol–water partition coefficient (Wildman–Crippen LogP) is 2.19. The van der Waals surface area contributed by atoms with Crippen molar-refractivity contribution < 1.29 is 19.7 Å². The van der Waals surface area contributed by atoms with Crippen LogP contribution in [-0.2, 0) is 4.74 Å². The predicted molar refractivity (Wildman–Crippen MR) is 51.1 cm³/mol. The van der Waals surface area contributed by atoms with E-state index in [-0.39, 0.29) is 15.6 Å². The number of phenols is 2. The van der Waals surface area contributed by atoms with Gasteiger partial charge in [0.1, 0.15) is 10.6 Å². The van der Waals surface area contributed by atoms with Crippen LogP contribution in [0.2, 0.25) is 10.0 Å². The molecule has 0 heterocycles. The number of carbonyl (C=O) groups excluding carboxylic acids is 1. The summed E-state index contributed by atoms with van der Waals surface area (Å²) in [6, 6.07) is 1.12. The number of carbonyl (C=O) groups is 1. The van der Waals surface area contributed by atoms with Gasteiger partial charge in [-0.05, 0) is 6.07 Å². The van der Waals surface area contributed by atoms with Crippen LogP contribution < -0.4 is 0 Å². The van der Waals surface area contributed by atoms with Crippen LogP contribution in [0, 0.1) is 0 Å². The number of rotatable bonds is 1. The summed E-state index contributed by atoms with van der Waals surface area (Å²) in [5.41, 5.74) is -0.237. The topological polar surface area (TPSA) is 66.8 Å². The van der Waals surface area contributed by atoms with Crippen molar-refractivity contribution in [2.45, 2.75) is 0 Å². The molecule has 6 heteroatoms. The maximum absolute atomic E-state index is 11.1. The van der Waals surface area contributed by atoms with Crippen molar-refractivity contribution in [1.82, 2.24) is 0 Å². The highest BCUT2D eigenvalue weighted by Gasteiger charge is 2.19. The Balaban J connectivity index is 3.40. The van der Waals surface area contributed by atoms with Crippen LogP contribution in [0.1, 0.15) is 10.4 Å². The smallest absolute Gasteiger partial charge is 0.341 e. The first kappa shape index (κ1) is 10.9. The summed E-state index contributed by atoms with van der Waals surface area (Å²) >= 11 is 11.1. The summed E-state index contributed by atoms with van der Waals surface area (Å²) < 4.78 is 4.36. The number of halogens is 2. The van der Waals surface area contributed by atoms with Crippen LogP contribution in [0.15, 0.2) is 6.07 Å². The van der Waals surface area contributed by atoms with Gasteiger partial charge in [0, 0.05) is 0 Å². The second-order valence-electron chi connectivity index (χ2n) is 2.41. The molecule has 0 saturated heterocycles. The number of phenolic OH excluding ortho intramolecular Hbond substituents is 2. The molecule has 1 rings (SSSR count). The van der Waals surface area contributed by atoms with Crippen LogP contribution in [0.4, 0.5) is 0 Å². The fourth-order valence-electron chi connectivity index (χ4n) is 0.869. The Morgan fingerprint density at radius 1 is 1.36 bits per heavy atom. The fourth-order valence-corrected chi connectivity index (χ4v) is 1.21. The summed E-state index contributed by atoms with van der Waals surface area (Å²) in [5, 5.41) is 18.3. The number of methoxy groups -OCH3 is 1. The Morgan fingerprint density at radius 2 is 1.93 bits per heavy atom. The van der Waals surface area contributed by atoms with Gasteiger partial charge in [0.2, 0.25) is 0 Å². The number of hydrogen-bond donors (Lipinski definition) is 2. The van der Waals surface area contributed by atoms with Crippen LogP contribution >= 0.6 is 23.2 Å². The highest BCUT2D eigenvalue weighted by atomic mass is 35.5. The summed E-state index contributed by atoms with van der Waals surface area (Å²) in [6.45, 7) is 0. The molecule has 0 fully saturated rings. The summed E-state index contributed by atoms with van der Waals surface area (Å²) in [4.78, 5) is 11.1. The monoisotopic (exact) mass is 236 g/mol. The molecule has 1 aromatic carbocycles. The van der Waals surface area contributed by atoms with E-state index in [4.69, 9.17) is 23.2 Å². The third-order valence-electron chi connectivity index (χ3n) is 1.57. The number of esters is 1. The van der Waals surface area contributed by atoms with E-state index in [2.05, 4.69) is 4.74 Å². The standard InChI is InChI=1S/C8H6Cl2O4/c1-14-8(13)3-2-4(9)5(10)7(12)6(3)11/h2,11-12H,1H3. The van der Waals surface area contributed by atoms with Crippen molar-refractivity contribution in [3.63, 3.8) is 0 Å². The van der Waals surface area contributed by atoms with Gasteiger partial charge in [-0.3, -0.25) is 0 Å². The van der Waals surface area contributed by atoms with Gasteiger partial charge in [0.25, 0.3) is 0 Å². The van der Waals surface area contributed by atoms with E-state index < -0.39 is 17.5 Å².